The third-order valence-corrected chi connectivity index (χ3v) is 4.37. The fourth-order valence-electron chi connectivity index (χ4n) is 2.55. The van der Waals surface area contributed by atoms with Crippen LogP contribution in [0.5, 0.6) is 0 Å². The van der Waals surface area contributed by atoms with Gasteiger partial charge in [0.1, 0.15) is 0 Å². The first-order valence-electron chi connectivity index (χ1n) is 8.49. The fourth-order valence-corrected chi connectivity index (χ4v) is 2.96. The summed E-state index contributed by atoms with van der Waals surface area (Å²) in [5.41, 5.74) is 0. The van der Waals surface area contributed by atoms with Gasteiger partial charge in [0.2, 0.25) is 0 Å². The highest BCUT2D eigenvalue weighted by molar-refractivity contribution is 7.98. The van der Waals surface area contributed by atoms with E-state index in [0.29, 0.717) is 6.10 Å². The van der Waals surface area contributed by atoms with Crippen molar-refractivity contribution in [1.29, 1.82) is 0 Å². The number of hydrogen-bond donors (Lipinski definition) is 2. The molecule has 0 aromatic carbocycles. The first kappa shape index (κ1) is 18.6. The Kier molecular flexibility index (Phi) is 11.8. The van der Waals surface area contributed by atoms with E-state index < -0.39 is 0 Å². The lowest BCUT2D eigenvalue weighted by Crippen LogP contribution is -2.39. The van der Waals surface area contributed by atoms with Crippen LogP contribution in [-0.2, 0) is 4.74 Å². The Morgan fingerprint density at radius 2 is 1.95 bits per heavy atom. The zero-order valence-corrected chi connectivity index (χ0v) is 14.6. The second-order valence-corrected chi connectivity index (χ2v) is 6.50. The van der Waals surface area contributed by atoms with E-state index in [-0.39, 0.29) is 0 Å². The van der Waals surface area contributed by atoms with E-state index >= 15 is 0 Å². The van der Waals surface area contributed by atoms with Gasteiger partial charge >= 0.3 is 0 Å². The maximum absolute atomic E-state index is 5.99. The quantitative estimate of drug-likeness (QED) is 0.297. The van der Waals surface area contributed by atoms with Crippen LogP contribution in [0.2, 0.25) is 0 Å². The fraction of sp³-hybridized carbons (Fsp3) is 0.938. The number of hydrogen-bond acceptors (Lipinski definition) is 3. The first-order valence-corrected chi connectivity index (χ1v) is 9.89. The molecule has 1 aliphatic carbocycles. The molecule has 0 radical (unpaired) electrons. The molecule has 124 valence electrons. The Morgan fingerprint density at radius 3 is 2.62 bits per heavy atom. The summed E-state index contributed by atoms with van der Waals surface area (Å²) in [6.07, 6.45) is 11.7. The minimum absolute atomic E-state index is 0.482. The van der Waals surface area contributed by atoms with Crippen molar-refractivity contribution in [3.05, 3.63) is 0 Å². The van der Waals surface area contributed by atoms with E-state index in [1.54, 1.807) is 0 Å². The third kappa shape index (κ3) is 10.0. The molecule has 2 N–H and O–H groups in total. The number of rotatable bonds is 9. The van der Waals surface area contributed by atoms with Crippen LogP contribution in [0.25, 0.3) is 0 Å². The molecule has 21 heavy (non-hydrogen) atoms. The zero-order valence-electron chi connectivity index (χ0n) is 13.8. The lowest BCUT2D eigenvalue weighted by atomic mass is 10.1. The van der Waals surface area contributed by atoms with Crippen molar-refractivity contribution in [3.63, 3.8) is 0 Å². The van der Waals surface area contributed by atoms with Gasteiger partial charge in [-0.25, -0.2) is 0 Å². The summed E-state index contributed by atoms with van der Waals surface area (Å²) in [4.78, 5) is 4.58. The Morgan fingerprint density at radius 1 is 1.19 bits per heavy atom. The van der Waals surface area contributed by atoms with Gasteiger partial charge in [0, 0.05) is 19.6 Å². The molecule has 1 aliphatic rings. The molecule has 0 saturated heterocycles. The molecular weight excluding hydrogens is 282 g/mol. The summed E-state index contributed by atoms with van der Waals surface area (Å²) in [5, 5.41) is 6.64. The van der Waals surface area contributed by atoms with Crippen molar-refractivity contribution in [2.24, 2.45) is 4.99 Å². The Balaban J connectivity index is 2.13. The highest BCUT2D eigenvalue weighted by Crippen LogP contribution is 2.19. The Labute approximate surface area is 134 Å². The smallest absolute Gasteiger partial charge is 0.191 e. The predicted molar refractivity (Wildman–Crippen MR) is 94.4 cm³/mol. The molecule has 0 aromatic rings. The molecule has 4 nitrogen and oxygen atoms in total. The summed E-state index contributed by atoms with van der Waals surface area (Å²) in [5.74, 6) is 2.09. The van der Waals surface area contributed by atoms with Gasteiger partial charge in [-0.15, -0.1) is 0 Å². The van der Waals surface area contributed by atoms with Gasteiger partial charge in [-0.3, -0.25) is 4.99 Å². The molecule has 0 atom stereocenters. The summed E-state index contributed by atoms with van der Waals surface area (Å²) in [6.45, 7) is 5.50. The molecule has 1 rings (SSSR count). The molecule has 1 fully saturated rings. The van der Waals surface area contributed by atoms with E-state index in [2.05, 4.69) is 28.8 Å². The standard InChI is InChI=1S/C16H33N3OS/c1-3-17-16(18-11-8-14-21-2)19-12-13-20-15-9-6-4-5-7-10-15/h15H,3-14H2,1-2H3,(H2,17,18,19). The first-order chi connectivity index (χ1) is 10.4. The average molecular weight is 316 g/mol. The maximum Gasteiger partial charge on any atom is 0.191 e. The van der Waals surface area contributed by atoms with Crippen LogP contribution in [-0.4, -0.2) is 50.3 Å². The van der Waals surface area contributed by atoms with E-state index in [1.807, 2.05) is 11.8 Å². The second-order valence-electron chi connectivity index (χ2n) is 5.52. The number of guanidine groups is 1. The van der Waals surface area contributed by atoms with Crippen LogP contribution in [0.3, 0.4) is 0 Å². The highest BCUT2D eigenvalue weighted by atomic mass is 32.2. The van der Waals surface area contributed by atoms with Crippen molar-refractivity contribution >= 4 is 17.7 Å². The van der Waals surface area contributed by atoms with Crippen molar-refractivity contribution < 1.29 is 4.74 Å². The molecule has 0 amide bonds. The van der Waals surface area contributed by atoms with Gasteiger partial charge in [-0.05, 0) is 38.2 Å². The zero-order chi connectivity index (χ0) is 15.2. The van der Waals surface area contributed by atoms with Crippen LogP contribution in [0.15, 0.2) is 4.99 Å². The summed E-state index contributed by atoms with van der Waals surface area (Å²) in [6, 6.07) is 0. The van der Waals surface area contributed by atoms with Crippen LogP contribution in [0.4, 0.5) is 0 Å². The number of nitrogens with one attached hydrogen (secondary N) is 2. The average Bonchev–Trinajstić information content (AvgIpc) is 2.76. The molecule has 0 unspecified atom stereocenters. The van der Waals surface area contributed by atoms with E-state index in [9.17, 15) is 0 Å². The van der Waals surface area contributed by atoms with Crippen molar-refractivity contribution in [3.8, 4) is 0 Å². The minimum atomic E-state index is 0.482. The van der Waals surface area contributed by atoms with Crippen molar-refractivity contribution in [1.82, 2.24) is 10.6 Å². The Bertz CT molecular complexity index is 266. The molecular formula is C16H33N3OS. The monoisotopic (exact) mass is 315 g/mol. The molecule has 0 aromatic heterocycles. The van der Waals surface area contributed by atoms with Gasteiger partial charge in [-0.2, -0.15) is 11.8 Å². The van der Waals surface area contributed by atoms with Gasteiger partial charge in [0.15, 0.2) is 5.96 Å². The van der Waals surface area contributed by atoms with Crippen LogP contribution < -0.4 is 10.6 Å². The topological polar surface area (TPSA) is 45.7 Å². The van der Waals surface area contributed by atoms with Gasteiger partial charge in [-0.1, -0.05) is 25.7 Å². The van der Waals surface area contributed by atoms with Gasteiger partial charge < -0.3 is 15.4 Å². The predicted octanol–water partition coefficient (Wildman–Crippen LogP) is 3.03. The molecule has 5 heteroatoms. The largest absolute Gasteiger partial charge is 0.376 e. The van der Waals surface area contributed by atoms with E-state index in [4.69, 9.17) is 4.74 Å². The van der Waals surface area contributed by atoms with Gasteiger partial charge in [0.25, 0.3) is 0 Å². The van der Waals surface area contributed by atoms with Crippen LogP contribution >= 0.6 is 11.8 Å². The molecule has 0 heterocycles. The van der Waals surface area contributed by atoms with E-state index in [0.717, 1.165) is 38.6 Å². The van der Waals surface area contributed by atoms with E-state index in [1.165, 1.54) is 44.3 Å². The Hall–Kier alpha value is -0.420. The third-order valence-electron chi connectivity index (χ3n) is 3.67. The number of nitrogens with zero attached hydrogens (tertiary/aromatic N) is 1. The lowest BCUT2D eigenvalue weighted by Gasteiger charge is -2.16. The van der Waals surface area contributed by atoms with Crippen molar-refractivity contribution in [2.75, 3.05) is 38.2 Å². The summed E-state index contributed by atoms with van der Waals surface area (Å²) < 4.78 is 5.99. The normalized spacial score (nSPS) is 17.5. The summed E-state index contributed by atoms with van der Waals surface area (Å²) >= 11 is 1.88. The van der Waals surface area contributed by atoms with Gasteiger partial charge in [0.05, 0.1) is 12.7 Å². The highest BCUT2D eigenvalue weighted by Gasteiger charge is 2.11. The number of aliphatic imine (C=N–C) groups is 1. The van der Waals surface area contributed by atoms with Crippen molar-refractivity contribution in [2.45, 2.75) is 58.0 Å². The number of ether oxygens (including phenoxy) is 1. The van der Waals surface area contributed by atoms with Crippen LogP contribution in [0.1, 0.15) is 51.9 Å². The minimum Gasteiger partial charge on any atom is -0.376 e. The number of thioether (sulfide) groups is 1. The summed E-state index contributed by atoms with van der Waals surface area (Å²) in [7, 11) is 0. The molecule has 0 spiro atoms. The molecule has 0 bridgehead atoms. The molecule has 0 aliphatic heterocycles. The molecule has 1 saturated carbocycles. The lowest BCUT2D eigenvalue weighted by molar-refractivity contribution is 0.0468. The maximum atomic E-state index is 5.99. The van der Waals surface area contributed by atoms with Crippen LogP contribution in [0, 0.1) is 0 Å². The second kappa shape index (κ2) is 13.3. The SMILES string of the molecule is CCNC(=NCCCSC)NCCOC1CCCCCC1.